The van der Waals surface area contributed by atoms with E-state index in [1.807, 2.05) is 24.1 Å². The highest BCUT2D eigenvalue weighted by Gasteiger charge is 2.13. The molecule has 4 heteroatoms. The number of rotatable bonds is 3. The smallest absolute Gasteiger partial charge is 0.0743 e. The Morgan fingerprint density at radius 2 is 1.96 bits per heavy atom. The minimum Gasteiger partial charge on any atom is -0.299 e. The molecule has 0 spiro atoms. The molecule has 0 amide bonds. The Labute approximate surface area is 136 Å². The lowest BCUT2D eigenvalue weighted by Crippen LogP contribution is -2.18. The van der Waals surface area contributed by atoms with Gasteiger partial charge < -0.3 is 0 Å². The molecule has 4 nitrogen and oxygen atoms in total. The number of hydrogen-bond donors (Lipinski definition) is 0. The Hall–Kier alpha value is -2.20. The predicted octanol–water partition coefficient (Wildman–Crippen LogP) is 3.54. The molecule has 1 saturated heterocycles. The van der Waals surface area contributed by atoms with Crippen LogP contribution in [-0.2, 0) is 13.6 Å². The van der Waals surface area contributed by atoms with Crippen LogP contribution in [0.1, 0.15) is 24.0 Å². The lowest BCUT2D eigenvalue weighted by molar-refractivity contribution is 0.331. The molecule has 1 fully saturated rings. The summed E-state index contributed by atoms with van der Waals surface area (Å²) in [6.45, 7) is 5.69. The highest BCUT2D eigenvalue weighted by molar-refractivity contribution is 5.85. The first kappa shape index (κ1) is 14.4. The summed E-state index contributed by atoms with van der Waals surface area (Å²) in [5.74, 6) is 0. The van der Waals surface area contributed by atoms with E-state index in [-0.39, 0.29) is 0 Å². The molecule has 0 bridgehead atoms. The van der Waals surface area contributed by atoms with Gasteiger partial charge in [-0.25, -0.2) is 4.98 Å². The van der Waals surface area contributed by atoms with Crippen LogP contribution in [0.5, 0.6) is 0 Å². The van der Waals surface area contributed by atoms with Crippen molar-refractivity contribution in [1.29, 1.82) is 0 Å². The van der Waals surface area contributed by atoms with E-state index in [1.165, 1.54) is 42.4 Å². The van der Waals surface area contributed by atoms with Crippen molar-refractivity contribution in [2.24, 2.45) is 7.05 Å². The average Bonchev–Trinajstić information content (AvgIpc) is 3.19. The highest BCUT2D eigenvalue weighted by atomic mass is 15.2. The number of pyridine rings is 1. The summed E-state index contributed by atoms with van der Waals surface area (Å²) in [6, 6.07) is 8.86. The normalized spacial score (nSPS) is 15.6. The molecule has 0 atom stereocenters. The topological polar surface area (TPSA) is 34.0 Å². The first-order valence-corrected chi connectivity index (χ1v) is 8.31. The quantitative estimate of drug-likeness (QED) is 0.742. The number of likely N-dealkylation sites (tertiary alicyclic amines) is 1. The first-order chi connectivity index (χ1) is 11.2. The number of aromatic nitrogens is 3. The van der Waals surface area contributed by atoms with Crippen molar-refractivity contribution in [3.63, 3.8) is 0 Å². The van der Waals surface area contributed by atoms with Crippen LogP contribution in [0.15, 0.2) is 36.7 Å². The molecule has 1 aliphatic rings. The van der Waals surface area contributed by atoms with Crippen LogP contribution in [0.2, 0.25) is 0 Å². The largest absolute Gasteiger partial charge is 0.299 e. The molecule has 1 aliphatic heterocycles. The maximum absolute atomic E-state index is 4.83. The van der Waals surface area contributed by atoms with Crippen molar-refractivity contribution in [3.8, 4) is 11.3 Å². The molecule has 0 radical (unpaired) electrons. The SMILES string of the molecule is Cc1cc(-c2cnn(C)c2)nc2ccc(CN3CCCC3)cc12. The molecule has 3 heterocycles. The van der Waals surface area contributed by atoms with Crippen molar-refractivity contribution in [2.75, 3.05) is 13.1 Å². The number of nitrogens with zero attached hydrogens (tertiary/aromatic N) is 4. The lowest BCUT2D eigenvalue weighted by Gasteiger charge is -2.15. The van der Waals surface area contributed by atoms with Crippen LogP contribution in [0.25, 0.3) is 22.2 Å². The van der Waals surface area contributed by atoms with Crippen LogP contribution in [-0.4, -0.2) is 32.8 Å². The third kappa shape index (κ3) is 2.86. The van der Waals surface area contributed by atoms with E-state index in [9.17, 15) is 0 Å². The molecular formula is C19H22N4. The fourth-order valence-electron chi connectivity index (χ4n) is 3.44. The molecular weight excluding hydrogens is 284 g/mol. The predicted molar refractivity (Wildman–Crippen MR) is 93.2 cm³/mol. The van der Waals surface area contributed by atoms with E-state index < -0.39 is 0 Å². The molecule has 0 unspecified atom stereocenters. The van der Waals surface area contributed by atoms with Crippen LogP contribution in [0.3, 0.4) is 0 Å². The monoisotopic (exact) mass is 306 g/mol. The second-order valence-corrected chi connectivity index (χ2v) is 6.56. The Morgan fingerprint density at radius 3 is 2.70 bits per heavy atom. The van der Waals surface area contributed by atoms with Gasteiger partial charge in [0.25, 0.3) is 0 Å². The van der Waals surface area contributed by atoms with Crippen LogP contribution in [0, 0.1) is 6.92 Å². The molecule has 2 aromatic heterocycles. The van der Waals surface area contributed by atoms with E-state index in [2.05, 4.69) is 41.2 Å². The van der Waals surface area contributed by atoms with Gasteiger partial charge in [0.2, 0.25) is 0 Å². The van der Waals surface area contributed by atoms with Gasteiger partial charge >= 0.3 is 0 Å². The molecule has 1 aromatic carbocycles. The second kappa shape index (κ2) is 5.78. The molecule has 23 heavy (non-hydrogen) atoms. The Morgan fingerprint density at radius 1 is 1.13 bits per heavy atom. The van der Waals surface area contributed by atoms with Gasteiger partial charge in [-0.2, -0.15) is 5.10 Å². The number of aryl methyl sites for hydroxylation is 2. The molecule has 0 aliphatic carbocycles. The fraction of sp³-hybridized carbons (Fsp3) is 0.368. The third-order valence-electron chi connectivity index (χ3n) is 4.69. The lowest BCUT2D eigenvalue weighted by atomic mass is 10.0. The van der Waals surface area contributed by atoms with Crippen molar-refractivity contribution in [1.82, 2.24) is 19.7 Å². The highest BCUT2D eigenvalue weighted by Crippen LogP contribution is 2.25. The van der Waals surface area contributed by atoms with Gasteiger partial charge in [-0.15, -0.1) is 0 Å². The molecule has 118 valence electrons. The van der Waals surface area contributed by atoms with Gasteiger partial charge in [0.1, 0.15) is 0 Å². The minimum absolute atomic E-state index is 0.996. The van der Waals surface area contributed by atoms with E-state index in [0.29, 0.717) is 0 Å². The number of benzene rings is 1. The van der Waals surface area contributed by atoms with Gasteiger partial charge in [0.05, 0.1) is 17.4 Å². The Balaban J connectivity index is 1.70. The summed E-state index contributed by atoms with van der Waals surface area (Å²) >= 11 is 0. The van der Waals surface area contributed by atoms with Gasteiger partial charge in [0.15, 0.2) is 0 Å². The molecule has 0 N–H and O–H groups in total. The van der Waals surface area contributed by atoms with Crippen LogP contribution < -0.4 is 0 Å². The van der Waals surface area contributed by atoms with Crippen molar-refractivity contribution >= 4 is 10.9 Å². The van der Waals surface area contributed by atoms with E-state index in [1.54, 1.807) is 0 Å². The number of fused-ring (bicyclic) bond motifs is 1. The van der Waals surface area contributed by atoms with Gasteiger partial charge in [-0.3, -0.25) is 9.58 Å². The zero-order valence-electron chi connectivity index (χ0n) is 13.8. The summed E-state index contributed by atoms with van der Waals surface area (Å²) in [5.41, 5.74) is 5.79. The van der Waals surface area contributed by atoms with E-state index in [4.69, 9.17) is 4.98 Å². The Kier molecular flexibility index (Phi) is 3.62. The minimum atomic E-state index is 0.996. The molecule has 3 aromatic rings. The Bertz CT molecular complexity index is 844. The van der Waals surface area contributed by atoms with Crippen molar-refractivity contribution < 1.29 is 0 Å². The van der Waals surface area contributed by atoms with Gasteiger partial charge in [-0.1, -0.05) is 6.07 Å². The van der Waals surface area contributed by atoms with Crippen LogP contribution >= 0.6 is 0 Å². The summed E-state index contributed by atoms with van der Waals surface area (Å²) in [5, 5.41) is 5.50. The summed E-state index contributed by atoms with van der Waals surface area (Å²) in [4.78, 5) is 7.36. The maximum Gasteiger partial charge on any atom is 0.0743 e. The average molecular weight is 306 g/mol. The van der Waals surface area contributed by atoms with Crippen molar-refractivity contribution in [2.45, 2.75) is 26.3 Å². The van der Waals surface area contributed by atoms with Gasteiger partial charge in [-0.05, 0) is 62.2 Å². The molecule has 4 rings (SSSR count). The van der Waals surface area contributed by atoms with Crippen LogP contribution in [0.4, 0.5) is 0 Å². The number of hydrogen-bond acceptors (Lipinski definition) is 3. The van der Waals surface area contributed by atoms with E-state index in [0.717, 1.165) is 23.3 Å². The zero-order chi connectivity index (χ0) is 15.8. The summed E-state index contributed by atoms with van der Waals surface area (Å²) in [6.07, 6.45) is 6.55. The fourth-order valence-corrected chi connectivity index (χ4v) is 3.44. The summed E-state index contributed by atoms with van der Waals surface area (Å²) in [7, 11) is 1.93. The van der Waals surface area contributed by atoms with Gasteiger partial charge in [0, 0.05) is 30.7 Å². The third-order valence-corrected chi connectivity index (χ3v) is 4.69. The summed E-state index contributed by atoms with van der Waals surface area (Å²) < 4.78 is 1.82. The second-order valence-electron chi connectivity index (χ2n) is 6.56. The first-order valence-electron chi connectivity index (χ1n) is 8.31. The standard InChI is InChI=1S/C19H22N4/c1-14-9-19(16-11-20-22(2)13-16)21-18-6-5-15(10-17(14)18)12-23-7-3-4-8-23/h5-6,9-11,13H,3-4,7-8,12H2,1-2H3. The molecule has 0 saturated carbocycles. The maximum atomic E-state index is 4.83. The zero-order valence-corrected chi connectivity index (χ0v) is 13.8. The van der Waals surface area contributed by atoms with Crippen molar-refractivity contribution in [3.05, 3.63) is 47.8 Å². The van der Waals surface area contributed by atoms with E-state index >= 15 is 0 Å².